The Hall–Kier alpha value is -0.820. The summed E-state index contributed by atoms with van der Waals surface area (Å²) in [7, 11) is 0. The van der Waals surface area contributed by atoms with Gasteiger partial charge in [0.25, 0.3) is 0 Å². The van der Waals surface area contributed by atoms with E-state index >= 15 is 0 Å². The van der Waals surface area contributed by atoms with E-state index in [1.54, 1.807) is 0 Å². The Morgan fingerprint density at radius 2 is 1.55 bits per heavy atom. The summed E-state index contributed by atoms with van der Waals surface area (Å²) in [5, 5.41) is 0.791. The molecule has 20 heavy (non-hydrogen) atoms. The normalized spacial score (nSPS) is 41.9. The first-order valence-electron chi connectivity index (χ1n) is 7.92. The summed E-state index contributed by atoms with van der Waals surface area (Å²) < 4.78 is 0. The molecule has 0 spiro atoms. The van der Waals surface area contributed by atoms with E-state index in [0.29, 0.717) is 18.3 Å². The molecule has 4 bridgehead atoms. The van der Waals surface area contributed by atoms with Crippen LogP contribution in [-0.4, -0.2) is 6.29 Å². The molecule has 0 unspecified atom stereocenters. The topological polar surface area (TPSA) is 17.1 Å². The minimum Gasteiger partial charge on any atom is -0.303 e. The molecule has 1 aromatic rings. The molecule has 0 atom stereocenters. The highest BCUT2D eigenvalue weighted by Gasteiger charge is 2.57. The molecule has 4 saturated carbocycles. The molecule has 0 radical (unpaired) electrons. The standard InChI is InChI=1S/C18H21ClO/c19-17-3-1-14(2-4-17)18(5-6-20)15-8-12-7-13(10-15)11-16(18)9-12/h1-4,6,12-13,15-16H,5,7-11H2. The third-order valence-electron chi connectivity index (χ3n) is 6.40. The average molecular weight is 289 g/mol. The number of aldehydes is 1. The first-order chi connectivity index (χ1) is 9.72. The van der Waals surface area contributed by atoms with E-state index in [9.17, 15) is 4.79 Å². The molecule has 4 fully saturated rings. The molecule has 4 aliphatic rings. The van der Waals surface area contributed by atoms with Gasteiger partial charge in [-0.3, -0.25) is 0 Å². The van der Waals surface area contributed by atoms with Gasteiger partial charge in [0.15, 0.2) is 0 Å². The fourth-order valence-corrected chi connectivity index (χ4v) is 5.97. The summed E-state index contributed by atoms with van der Waals surface area (Å²) in [5.41, 5.74) is 1.47. The van der Waals surface area contributed by atoms with Gasteiger partial charge < -0.3 is 4.79 Å². The Kier molecular flexibility index (Phi) is 2.96. The van der Waals surface area contributed by atoms with Crippen molar-refractivity contribution in [1.29, 1.82) is 0 Å². The first-order valence-corrected chi connectivity index (χ1v) is 8.30. The Balaban J connectivity index is 1.80. The van der Waals surface area contributed by atoms with Gasteiger partial charge in [-0.1, -0.05) is 23.7 Å². The van der Waals surface area contributed by atoms with Crippen LogP contribution in [0.3, 0.4) is 0 Å². The van der Waals surface area contributed by atoms with Crippen molar-refractivity contribution < 1.29 is 4.79 Å². The molecule has 0 aromatic heterocycles. The summed E-state index contributed by atoms with van der Waals surface area (Å²) in [6.45, 7) is 0. The maximum absolute atomic E-state index is 11.4. The fourth-order valence-electron chi connectivity index (χ4n) is 5.85. The Bertz CT molecular complexity index is 491. The summed E-state index contributed by atoms with van der Waals surface area (Å²) in [5.74, 6) is 3.30. The average Bonchev–Trinajstić information content (AvgIpc) is 2.43. The van der Waals surface area contributed by atoms with Crippen LogP contribution in [0.4, 0.5) is 0 Å². The molecule has 106 valence electrons. The smallest absolute Gasteiger partial charge is 0.120 e. The fraction of sp³-hybridized carbons (Fsp3) is 0.611. The molecule has 4 aliphatic carbocycles. The molecular weight excluding hydrogens is 268 g/mol. The van der Waals surface area contributed by atoms with Crippen LogP contribution >= 0.6 is 11.6 Å². The van der Waals surface area contributed by atoms with Crippen molar-refractivity contribution in [2.45, 2.75) is 43.9 Å². The largest absolute Gasteiger partial charge is 0.303 e. The van der Waals surface area contributed by atoms with E-state index in [1.807, 2.05) is 12.1 Å². The van der Waals surface area contributed by atoms with Crippen LogP contribution in [0, 0.1) is 23.7 Å². The summed E-state index contributed by atoms with van der Waals surface area (Å²) in [4.78, 5) is 11.4. The van der Waals surface area contributed by atoms with Crippen LogP contribution in [0.5, 0.6) is 0 Å². The second-order valence-corrected chi connectivity index (χ2v) is 7.66. The Morgan fingerprint density at radius 1 is 1.00 bits per heavy atom. The van der Waals surface area contributed by atoms with Crippen LogP contribution in [-0.2, 0) is 10.2 Å². The number of hydrogen-bond acceptors (Lipinski definition) is 1. The Labute approximate surface area is 125 Å². The first kappa shape index (κ1) is 12.9. The Morgan fingerprint density at radius 3 is 2.05 bits per heavy atom. The SMILES string of the molecule is O=CCC1(c2ccc(Cl)cc2)C2CC3CC(C2)CC1C3. The molecule has 0 heterocycles. The molecule has 0 amide bonds. The number of rotatable bonds is 3. The van der Waals surface area contributed by atoms with Gasteiger partial charge in [-0.2, -0.15) is 0 Å². The highest BCUT2D eigenvalue weighted by Crippen LogP contribution is 2.63. The minimum absolute atomic E-state index is 0.111. The van der Waals surface area contributed by atoms with E-state index in [0.717, 1.165) is 23.1 Å². The van der Waals surface area contributed by atoms with Gasteiger partial charge >= 0.3 is 0 Å². The van der Waals surface area contributed by atoms with E-state index < -0.39 is 0 Å². The van der Waals surface area contributed by atoms with Gasteiger partial charge in [0, 0.05) is 16.9 Å². The lowest BCUT2D eigenvalue weighted by molar-refractivity contribution is -0.115. The van der Waals surface area contributed by atoms with Gasteiger partial charge in [0.2, 0.25) is 0 Å². The second kappa shape index (κ2) is 4.59. The molecule has 1 aromatic carbocycles. The zero-order valence-corrected chi connectivity index (χ0v) is 12.5. The van der Waals surface area contributed by atoms with Gasteiger partial charge in [-0.05, 0) is 73.5 Å². The van der Waals surface area contributed by atoms with Crippen molar-refractivity contribution in [2.75, 3.05) is 0 Å². The summed E-state index contributed by atoms with van der Waals surface area (Å²) in [6.07, 6.45) is 8.66. The van der Waals surface area contributed by atoms with Gasteiger partial charge in [0.05, 0.1) is 0 Å². The number of benzene rings is 1. The molecule has 2 heteroatoms. The van der Waals surface area contributed by atoms with E-state index in [2.05, 4.69) is 12.1 Å². The van der Waals surface area contributed by atoms with Crippen molar-refractivity contribution in [3.63, 3.8) is 0 Å². The van der Waals surface area contributed by atoms with E-state index in [-0.39, 0.29) is 5.41 Å². The van der Waals surface area contributed by atoms with Crippen LogP contribution in [0.15, 0.2) is 24.3 Å². The molecule has 0 saturated heterocycles. The van der Waals surface area contributed by atoms with Gasteiger partial charge in [0.1, 0.15) is 6.29 Å². The van der Waals surface area contributed by atoms with Crippen molar-refractivity contribution in [3.8, 4) is 0 Å². The maximum atomic E-state index is 11.4. The van der Waals surface area contributed by atoms with E-state index in [4.69, 9.17) is 11.6 Å². The third kappa shape index (κ3) is 1.72. The molecule has 5 rings (SSSR count). The van der Waals surface area contributed by atoms with Crippen LogP contribution in [0.25, 0.3) is 0 Å². The maximum Gasteiger partial charge on any atom is 0.120 e. The monoisotopic (exact) mass is 288 g/mol. The van der Waals surface area contributed by atoms with Crippen LogP contribution < -0.4 is 0 Å². The van der Waals surface area contributed by atoms with Crippen LogP contribution in [0.2, 0.25) is 5.02 Å². The molecular formula is C18H21ClO. The number of carbonyl (C=O) groups excluding carboxylic acids is 1. The van der Waals surface area contributed by atoms with Crippen molar-refractivity contribution in [3.05, 3.63) is 34.9 Å². The lowest BCUT2D eigenvalue weighted by atomic mass is 9.43. The zero-order valence-electron chi connectivity index (χ0n) is 11.7. The highest BCUT2D eigenvalue weighted by molar-refractivity contribution is 6.30. The lowest BCUT2D eigenvalue weighted by Gasteiger charge is -2.61. The van der Waals surface area contributed by atoms with E-state index in [1.165, 1.54) is 37.7 Å². The highest BCUT2D eigenvalue weighted by atomic mass is 35.5. The van der Waals surface area contributed by atoms with Crippen LogP contribution in [0.1, 0.15) is 44.1 Å². The predicted molar refractivity (Wildman–Crippen MR) is 80.9 cm³/mol. The number of carbonyl (C=O) groups is 1. The third-order valence-corrected chi connectivity index (χ3v) is 6.65. The van der Waals surface area contributed by atoms with Gasteiger partial charge in [-0.25, -0.2) is 0 Å². The molecule has 0 N–H and O–H groups in total. The number of halogens is 1. The summed E-state index contributed by atoms with van der Waals surface area (Å²) >= 11 is 6.05. The van der Waals surface area contributed by atoms with Crippen molar-refractivity contribution in [2.24, 2.45) is 23.7 Å². The van der Waals surface area contributed by atoms with Crippen molar-refractivity contribution in [1.82, 2.24) is 0 Å². The quantitative estimate of drug-likeness (QED) is 0.742. The molecule has 1 nitrogen and oxygen atoms in total. The lowest BCUT2D eigenvalue weighted by Crippen LogP contribution is -2.55. The predicted octanol–water partition coefficient (Wildman–Crippen LogP) is 4.62. The number of hydrogen-bond donors (Lipinski definition) is 0. The second-order valence-electron chi connectivity index (χ2n) is 7.22. The zero-order chi connectivity index (χ0) is 13.7. The summed E-state index contributed by atoms with van der Waals surface area (Å²) in [6, 6.07) is 8.34. The van der Waals surface area contributed by atoms with Crippen molar-refractivity contribution >= 4 is 17.9 Å². The van der Waals surface area contributed by atoms with Gasteiger partial charge in [-0.15, -0.1) is 0 Å². The molecule has 0 aliphatic heterocycles. The minimum atomic E-state index is 0.111.